The second-order valence-electron chi connectivity index (χ2n) is 7.36. The predicted octanol–water partition coefficient (Wildman–Crippen LogP) is 5.09. The van der Waals surface area contributed by atoms with E-state index in [2.05, 4.69) is 13.8 Å². The molecule has 3 rings (SSSR count). The summed E-state index contributed by atoms with van der Waals surface area (Å²) in [5.41, 5.74) is 2.71. The maximum Gasteiger partial charge on any atom is 0.294 e. The number of ketones is 1. The third-order valence-corrected chi connectivity index (χ3v) is 5.17. The molecule has 1 N–H and O–H groups in total. The molecule has 5 heteroatoms. The molecule has 152 valence electrons. The lowest BCUT2D eigenvalue weighted by Crippen LogP contribution is -2.31. The summed E-state index contributed by atoms with van der Waals surface area (Å²) in [4.78, 5) is 27.1. The van der Waals surface area contributed by atoms with Crippen LogP contribution in [0.3, 0.4) is 0 Å². The molecule has 2 aromatic carbocycles. The maximum atomic E-state index is 12.9. The Bertz CT molecular complexity index is 926. The summed E-state index contributed by atoms with van der Waals surface area (Å²) in [6.07, 6.45) is 0.213. The van der Waals surface area contributed by atoms with E-state index in [4.69, 9.17) is 4.74 Å². The molecule has 1 aliphatic rings. The molecule has 0 radical (unpaired) electrons. The fourth-order valence-corrected chi connectivity index (χ4v) is 3.60. The number of rotatable bonds is 7. The second kappa shape index (κ2) is 8.52. The number of hydrogen-bond donors (Lipinski definition) is 1. The molecule has 1 aliphatic heterocycles. The number of benzene rings is 2. The molecule has 1 unspecified atom stereocenters. The smallest absolute Gasteiger partial charge is 0.294 e. The summed E-state index contributed by atoms with van der Waals surface area (Å²) in [6.45, 7) is 8.39. The molecule has 0 saturated heterocycles. The highest BCUT2D eigenvalue weighted by Gasteiger charge is 2.43. The van der Waals surface area contributed by atoms with Crippen molar-refractivity contribution in [1.29, 1.82) is 0 Å². The van der Waals surface area contributed by atoms with E-state index < -0.39 is 17.7 Å². The van der Waals surface area contributed by atoms with Crippen molar-refractivity contribution in [3.8, 4) is 5.75 Å². The number of carbonyl (C=O) groups excluding carboxylic acids is 2. The van der Waals surface area contributed by atoms with E-state index in [9.17, 15) is 14.7 Å². The number of anilines is 1. The van der Waals surface area contributed by atoms with Crippen LogP contribution in [0.25, 0.3) is 0 Å². The summed E-state index contributed by atoms with van der Waals surface area (Å²) in [5.74, 6) is -0.199. The van der Waals surface area contributed by atoms with Gasteiger partial charge >= 0.3 is 0 Å². The minimum absolute atomic E-state index is 0.156. The lowest BCUT2D eigenvalue weighted by atomic mass is 9.92. The molecule has 1 amide bonds. The van der Waals surface area contributed by atoms with Gasteiger partial charge in [0.15, 0.2) is 11.5 Å². The first-order chi connectivity index (χ1) is 13.9. The molecule has 5 nitrogen and oxygen atoms in total. The van der Waals surface area contributed by atoms with Crippen molar-refractivity contribution >= 4 is 17.4 Å². The topological polar surface area (TPSA) is 66.8 Å². The first kappa shape index (κ1) is 20.6. The molecule has 1 atom stereocenters. The highest BCUT2D eigenvalue weighted by molar-refractivity contribution is 6.16. The van der Waals surface area contributed by atoms with Crippen LogP contribution in [0.2, 0.25) is 0 Å². The molecule has 29 heavy (non-hydrogen) atoms. The van der Waals surface area contributed by atoms with Crippen LogP contribution in [0.4, 0.5) is 5.69 Å². The van der Waals surface area contributed by atoms with Crippen molar-refractivity contribution in [1.82, 2.24) is 0 Å². The number of ether oxygens (including phenoxy) is 1. The van der Waals surface area contributed by atoms with E-state index in [-0.39, 0.29) is 17.8 Å². The monoisotopic (exact) mass is 393 g/mol. The Hall–Kier alpha value is -3.08. The standard InChI is InChI=1S/C24H27NO4/c1-5-20(26)21-22(17-9-7-16(8-10-17)15(3)4)25(24(28)23(21)27)18-11-13-19(14-12-18)29-6-2/h7-15,22,27H,5-6H2,1-4H3. The average Bonchev–Trinajstić information content (AvgIpc) is 2.99. The molecule has 0 aromatic heterocycles. The van der Waals surface area contributed by atoms with Gasteiger partial charge in [0, 0.05) is 12.1 Å². The molecule has 2 aromatic rings. The van der Waals surface area contributed by atoms with Crippen molar-refractivity contribution in [3.63, 3.8) is 0 Å². The summed E-state index contributed by atoms with van der Waals surface area (Å²) < 4.78 is 5.48. The van der Waals surface area contributed by atoms with Crippen LogP contribution in [0.5, 0.6) is 5.75 Å². The average molecular weight is 393 g/mol. The van der Waals surface area contributed by atoms with Crippen molar-refractivity contribution in [2.45, 2.75) is 46.1 Å². The van der Waals surface area contributed by atoms with E-state index in [1.807, 2.05) is 31.2 Å². The van der Waals surface area contributed by atoms with Crippen molar-refractivity contribution < 1.29 is 19.4 Å². The Morgan fingerprint density at radius 3 is 2.21 bits per heavy atom. The van der Waals surface area contributed by atoms with Gasteiger partial charge in [-0.25, -0.2) is 0 Å². The van der Waals surface area contributed by atoms with Crippen LogP contribution in [0.1, 0.15) is 57.2 Å². The van der Waals surface area contributed by atoms with Crippen LogP contribution >= 0.6 is 0 Å². The van der Waals surface area contributed by atoms with Gasteiger partial charge in [0.1, 0.15) is 5.75 Å². The number of aliphatic hydroxyl groups excluding tert-OH is 1. The third-order valence-electron chi connectivity index (χ3n) is 5.17. The summed E-state index contributed by atoms with van der Waals surface area (Å²) in [5, 5.41) is 10.5. The molecule has 0 aliphatic carbocycles. The van der Waals surface area contributed by atoms with Crippen LogP contribution in [-0.2, 0) is 9.59 Å². The minimum atomic E-state index is -0.658. The fourth-order valence-electron chi connectivity index (χ4n) is 3.60. The zero-order valence-corrected chi connectivity index (χ0v) is 17.3. The normalized spacial score (nSPS) is 16.7. The van der Waals surface area contributed by atoms with Crippen LogP contribution < -0.4 is 9.64 Å². The quantitative estimate of drug-likeness (QED) is 0.712. The highest BCUT2D eigenvalue weighted by Crippen LogP contribution is 2.41. The van der Waals surface area contributed by atoms with E-state index in [1.165, 1.54) is 10.5 Å². The van der Waals surface area contributed by atoms with E-state index >= 15 is 0 Å². The molecule has 0 spiro atoms. The van der Waals surface area contributed by atoms with Crippen LogP contribution in [-0.4, -0.2) is 23.4 Å². The van der Waals surface area contributed by atoms with Gasteiger partial charge in [-0.15, -0.1) is 0 Å². The lowest BCUT2D eigenvalue weighted by Gasteiger charge is -2.27. The number of carbonyl (C=O) groups is 2. The van der Waals surface area contributed by atoms with E-state index in [0.29, 0.717) is 24.0 Å². The Balaban J connectivity index is 2.08. The van der Waals surface area contributed by atoms with Crippen molar-refractivity contribution in [2.75, 3.05) is 11.5 Å². The SMILES string of the molecule is CCOc1ccc(N2C(=O)C(O)=C(C(=O)CC)C2c2ccc(C(C)C)cc2)cc1. The van der Waals surface area contributed by atoms with Gasteiger partial charge in [0.05, 0.1) is 18.2 Å². The third kappa shape index (κ3) is 3.90. The molecular weight excluding hydrogens is 366 g/mol. The number of nitrogens with zero attached hydrogens (tertiary/aromatic N) is 1. The van der Waals surface area contributed by atoms with Crippen molar-refractivity contribution in [3.05, 3.63) is 71.0 Å². The summed E-state index contributed by atoms with van der Waals surface area (Å²) in [6, 6.07) is 14.3. The lowest BCUT2D eigenvalue weighted by molar-refractivity contribution is -0.118. The van der Waals surface area contributed by atoms with Crippen LogP contribution in [0.15, 0.2) is 59.9 Å². The fraction of sp³-hybridized carbons (Fsp3) is 0.333. The maximum absolute atomic E-state index is 12.9. The second-order valence-corrected chi connectivity index (χ2v) is 7.36. The number of amides is 1. The van der Waals surface area contributed by atoms with Gasteiger partial charge < -0.3 is 9.84 Å². The van der Waals surface area contributed by atoms with Gasteiger partial charge in [-0.3, -0.25) is 14.5 Å². The van der Waals surface area contributed by atoms with Crippen molar-refractivity contribution in [2.24, 2.45) is 0 Å². The van der Waals surface area contributed by atoms with Gasteiger partial charge in [-0.2, -0.15) is 0 Å². The molecular formula is C24H27NO4. The molecule has 0 saturated carbocycles. The summed E-state index contributed by atoms with van der Waals surface area (Å²) in [7, 11) is 0. The van der Waals surface area contributed by atoms with E-state index in [1.54, 1.807) is 31.2 Å². The van der Waals surface area contributed by atoms with Gasteiger partial charge in [0.25, 0.3) is 5.91 Å². The first-order valence-electron chi connectivity index (χ1n) is 10.0. The number of hydrogen-bond acceptors (Lipinski definition) is 4. The van der Waals surface area contributed by atoms with Crippen LogP contribution in [0, 0.1) is 0 Å². The largest absolute Gasteiger partial charge is 0.503 e. The first-order valence-corrected chi connectivity index (χ1v) is 10.0. The van der Waals surface area contributed by atoms with E-state index in [0.717, 1.165) is 5.56 Å². The number of aliphatic hydroxyl groups is 1. The van der Waals surface area contributed by atoms with Gasteiger partial charge in [-0.05, 0) is 48.2 Å². The predicted molar refractivity (Wildman–Crippen MR) is 113 cm³/mol. The van der Waals surface area contributed by atoms with Gasteiger partial charge in [-0.1, -0.05) is 45.0 Å². The number of Topliss-reactive ketones (excluding diaryl/α,β-unsaturated/α-hetero) is 1. The Kier molecular flexibility index (Phi) is 6.06. The Labute approximate surface area is 171 Å². The molecule has 0 bridgehead atoms. The minimum Gasteiger partial charge on any atom is -0.503 e. The molecule has 1 heterocycles. The zero-order valence-electron chi connectivity index (χ0n) is 17.3. The Morgan fingerprint density at radius 1 is 1.07 bits per heavy atom. The van der Waals surface area contributed by atoms with Gasteiger partial charge in [0.2, 0.25) is 0 Å². The summed E-state index contributed by atoms with van der Waals surface area (Å²) >= 11 is 0. The zero-order chi connectivity index (χ0) is 21.1. The Morgan fingerprint density at radius 2 is 1.69 bits per heavy atom. The highest BCUT2D eigenvalue weighted by atomic mass is 16.5. The molecule has 0 fully saturated rings.